The Labute approximate surface area is 215 Å². The third kappa shape index (κ3) is 5.08. The average molecular weight is 500 g/mol. The summed E-state index contributed by atoms with van der Waals surface area (Å²) in [5.41, 5.74) is 3.42. The van der Waals surface area contributed by atoms with Crippen LogP contribution in [0.25, 0.3) is 11.6 Å². The van der Waals surface area contributed by atoms with E-state index in [9.17, 15) is 0 Å². The van der Waals surface area contributed by atoms with Gasteiger partial charge in [-0.25, -0.2) is 15.0 Å². The first-order chi connectivity index (χ1) is 18.3. The van der Waals surface area contributed by atoms with Crippen LogP contribution >= 0.6 is 0 Å². The molecular formula is C28H29N5O4. The zero-order valence-electron chi connectivity index (χ0n) is 20.8. The number of benzene rings is 2. The molecule has 0 bridgehead atoms. The number of rotatable bonds is 10. The van der Waals surface area contributed by atoms with Gasteiger partial charge in [-0.3, -0.25) is 4.90 Å². The lowest BCUT2D eigenvalue weighted by molar-refractivity contribution is 0.173. The normalized spacial score (nSPS) is 13.5. The Balaban J connectivity index is 1.30. The van der Waals surface area contributed by atoms with Crippen LogP contribution < -0.4 is 18.9 Å². The van der Waals surface area contributed by atoms with Crippen molar-refractivity contribution in [1.82, 2.24) is 24.4 Å². The summed E-state index contributed by atoms with van der Waals surface area (Å²) >= 11 is 0. The Morgan fingerprint density at radius 3 is 2.03 bits per heavy atom. The van der Waals surface area contributed by atoms with Crippen LogP contribution in [0.1, 0.15) is 36.6 Å². The van der Waals surface area contributed by atoms with E-state index in [1.54, 1.807) is 12.4 Å². The first-order valence-electron chi connectivity index (χ1n) is 12.6. The van der Waals surface area contributed by atoms with Crippen LogP contribution in [0.4, 0.5) is 0 Å². The maximum Gasteiger partial charge on any atom is 0.231 e. The minimum atomic E-state index is 0.265. The van der Waals surface area contributed by atoms with Crippen molar-refractivity contribution in [2.45, 2.75) is 45.9 Å². The predicted octanol–water partition coefficient (Wildman–Crippen LogP) is 4.80. The van der Waals surface area contributed by atoms with Crippen LogP contribution in [0.2, 0.25) is 0 Å². The maximum absolute atomic E-state index is 5.62. The topological polar surface area (TPSA) is 83.8 Å². The van der Waals surface area contributed by atoms with E-state index < -0.39 is 0 Å². The van der Waals surface area contributed by atoms with Crippen LogP contribution in [-0.4, -0.2) is 38.0 Å². The highest BCUT2D eigenvalue weighted by Gasteiger charge is 2.20. The zero-order chi connectivity index (χ0) is 25.0. The molecule has 0 unspecified atom stereocenters. The average Bonchev–Trinajstić information content (AvgIpc) is 3.67. The van der Waals surface area contributed by atoms with Crippen molar-refractivity contribution >= 4 is 0 Å². The monoisotopic (exact) mass is 499 g/mol. The number of aromatic nitrogens is 4. The first kappa shape index (κ1) is 23.3. The van der Waals surface area contributed by atoms with E-state index in [0.29, 0.717) is 12.4 Å². The number of unbranched alkanes of at least 4 members (excludes halogenated alkanes) is 1. The van der Waals surface area contributed by atoms with Gasteiger partial charge >= 0.3 is 0 Å². The highest BCUT2D eigenvalue weighted by Crippen LogP contribution is 2.35. The van der Waals surface area contributed by atoms with Gasteiger partial charge in [0, 0.05) is 38.6 Å². The number of ether oxygens (including phenoxy) is 4. The molecule has 0 aliphatic carbocycles. The molecule has 0 spiro atoms. The van der Waals surface area contributed by atoms with Gasteiger partial charge in [0.1, 0.15) is 0 Å². The van der Waals surface area contributed by atoms with E-state index in [1.165, 1.54) is 0 Å². The molecule has 37 heavy (non-hydrogen) atoms. The number of nitrogens with zero attached hydrogens (tertiary/aromatic N) is 5. The molecule has 0 saturated heterocycles. The van der Waals surface area contributed by atoms with Crippen molar-refractivity contribution in [3.05, 3.63) is 77.9 Å². The van der Waals surface area contributed by atoms with Crippen molar-refractivity contribution in [1.29, 1.82) is 0 Å². The second kappa shape index (κ2) is 10.5. The summed E-state index contributed by atoms with van der Waals surface area (Å²) in [5.74, 6) is 4.60. The second-order valence-electron chi connectivity index (χ2n) is 9.17. The summed E-state index contributed by atoms with van der Waals surface area (Å²) in [6.07, 6.45) is 7.60. The highest BCUT2D eigenvalue weighted by atomic mass is 16.7. The molecule has 0 amide bonds. The first-order valence-corrected chi connectivity index (χ1v) is 12.6. The van der Waals surface area contributed by atoms with Gasteiger partial charge in [-0.2, -0.15) is 0 Å². The summed E-state index contributed by atoms with van der Waals surface area (Å²) in [4.78, 5) is 16.0. The molecule has 0 N–H and O–H groups in total. The van der Waals surface area contributed by atoms with Crippen LogP contribution in [0, 0.1) is 0 Å². The highest BCUT2D eigenvalue weighted by molar-refractivity contribution is 5.46. The van der Waals surface area contributed by atoms with E-state index in [0.717, 1.165) is 78.1 Å². The number of imidazole rings is 1. The summed E-state index contributed by atoms with van der Waals surface area (Å²) in [7, 11) is 0. The molecule has 2 aromatic carbocycles. The molecule has 0 atom stereocenters. The molecule has 4 aromatic rings. The lowest BCUT2D eigenvalue weighted by Gasteiger charge is -2.24. The summed E-state index contributed by atoms with van der Waals surface area (Å²) in [6.45, 7) is 5.73. The van der Waals surface area contributed by atoms with Gasteiger partial charge in [-0.05, 0) is 47.9 Å². The van der Waals surface area contributed by atoms with Gasteiger partial charge in [0.15, 0.2) is 34.6 Å². The van der Waals surface area contributed by atoms with E-state index in [2.05, 4.69) is 50.6 Å². The van der Waals surface area contributed by atoms with Crippen molar-refractivity contribution in [2.75, 3.05) is 13.6 Å². The van der Waals surface area contributed by atoms with Crippen molar-refractivity contribution in [2.24, 2.45) is 0 Å². The van der Waals surface area contributed by atoms with Gasteiger partial charge in [0.05, 0.1) is 11.9 Å². The molecule has 9 nitrogen and oxygen atoms in total. The van der Waals surface area contributed by atoms with Crippen LogP contribution in [0.15, 0.2) is 61.1 Å². The molecule has 9 heteroatoms. The molecule has 6 rings (SSSR count). The smallest absolute Gasteiger partial charge is 0.231 e. The van der Waals surface area contributed by atoms with Gasteiger partial charge in [0.25, 0.3) is 0 Å². The second-order valence-corrected chi connectivity index (χ2v) is 9.17. The predicted molar refractivity (Wildman–Crippen MR) is 136 cm³/mol. The number of hydrogen-bond acceptors (Lipinski definition) is 8. The maximum atomic E-state index is 5.62. The van der Waals surface area contributed by atoms with Gasteiger partial charge in [0.2, 0.25) is 13.6 Å². The fourth-order valence-electron chi connectivity index (χ4n) is 4.69. The summed E-state index contributed by atoms with van der Waals surface area (Å²) in [5, 5.41) is 0. The van der Waals surface area contributed by atoms with Crippen molar-refractivity contribution in [3.63, 3.8) is 0 Å². The molecule has 0 saturated carbocycles. The van der Waals surface area contributed by atoms with E-state index >= 15 is 0 Å². The minimum Gasteiger partial charge on any atom is -0.454 e. The van der Waals surface area contributed by atoms with Crippen LogP contribution in [0.3, 0.4) is 0 Å². The quantitative estimate of drug-likeness (QED) is 0.308. The lowest BCUT2D eigenvalue weighted by Crippen LogP contribution is -2.24. The van der Waals surface area contributed by atoms with Crippen molar-refractivity contribution < 1.29 is 18.9 Å². The van der Waals surface area contributed by atoms with Crippen molar-refractivity contribution in [3.8, 4) is 34.6 Å². The number of fused-ring (bicyclic) bond motifs is 2. The van der Waals surface area contributed by atoms with Gasteiger partial charge in [-0.15, -0.1) is 0 Å². The Morgan fingerprint density at radius 1 is 0.784 bits per heavy atom. The van der Waals surface area contributed by atoms with E-state index in [4.69, 9.17) is 23.9 Å². The Hall–Kier alpha value is -4.11. The number of hydrogen-bond donors (Lipinski definition) is 0. The third-order valence-corrected chi connectivity index (χ3v) is 6.51. The molecule has 0 radical (unpaired) electrons. The van der Waals surface area contributed by atoms with Gasteiger partial charge in [-0.1, -0.05) is 25.5 Å². The molecule has 2 aliphatic heterocycles. The standard InChI is InChI=1S/C28H29N5O4/c1-2-3-11-33-22(14-31-28(33)27-29-9-4-10-30-27)17-32(15-20-5-7-23-25(12-20)36-18-34-23)16-21-6-8-24-26(13-21)37-19-35-24/h4-10,12-14H,2-3,11,15-19H2,1H3. The Morgan fingerprint density at radius 2 is 1.41 bits per heavy atom. The molecule has 190 valence electrons. The minimum absolute atomic E-state index is 0.265. The third-order valence-electron chi connectivity index (χ3n) is 6.51. The molecule has 2 aromatic heterocycles. The van der Waals surface area contributed by atoms with Crippen LogP contribution in [0.5, 0.6) is 23.0 Å². The molecule has 2 aliphatic rings. The largest absolute Gasteiger partial charge is 0.454 e. The summed E-state index contributed by atoms with van der Waals surface area (Å²) < 4.78 is 24.5. The Bertz CT molecular complexity index is 1320. The SMILES string of the molecule is CCCCn1c(CN(Cc2ccc3c(c2)OCO3)Cc2ccc3c(c2)OCO3)cnc1-c1ncccn1. The molecular weight excluding hydrogens is 470 g/mol. The fraction of sp³-hybridized carbons (Fsp3) is 0.321. The summed E-state index contributed by atoms with van der Waals surface area (Å²) in [6, 6.07) is 14.1. The molecule has 0 fully saturated rings. The van der Waals surface area contributed by atoms with E-state index in [1.807, 2.05) is 24.4 Å². The zero-order valence-corrected chi connectivity index (χ0v) is 20.8. The molecule has 4 heterocycles. The van der Waals surface area contributed by atoms with Crippen LogP contribution in [-0.2, 0) is 26.2 Å². The Kier molecular flexibility index (Phi) is 6.60. The lowest BCUT2D eigenvalue weighted by atomic mass is 10.1. The fourth-order valence-corrected chi connectivity index (χ4v) is 4.69. The van der Waals surface area contributed by atoms with Gasteiger partial charge < -0.3 is 23.5 Å². The van der Waals surface area contributed by atoms with E-state index in [-0.39, 0.29) is 13.6 Å².